The van der Waals surface area contributed by atoms with Gasteiger partial charge in [-0.3, -0.25) is 0 Å². The number of nitrogens with one attached hydrogen (secondary N) is 1. The van der Waals surface area contributed by atoms with Crippen LogP contribution >= 0.6 is 0 Å². The van der Waals surface area contributed by atoms with E-state index in [1.807, 2.05) is 0 Å². The van der Waals surface area contributed by atoms with Crippen LogP contribution in [0.3, 0.4) is 0 Å². The van der Waals surface area contributed by atoms with Gasteiger partial charge in [0.2, 0.25) is 0 Å². The number of hydrogen-bond donors (Lipinski definition) is 2. The lowest BCUT2D eigenvalue weighted by Crippen LogP contribution is -2.32. The molecule has 0 aromatic heterocycles. The second kappa shape index (κ2) is 8.34. The molecule has 0 aromatic rings. The van der Waals surface area contributed by atoms with E-state index >= 15 is 0 Å². The van der Waals surface area contributed by atoms with Crippen molar-refractivity contribution in [1.29, 1.82) is 0 Å². The lowest BCUT2D eigenvalue weighted by Gasteiger charge is -2.10. The van der Waals surface area contributed by atoms with Crippen LogP contribution in [-0.4, -0.2) is 44.4 Å². The van der Waals surface area contributed by atoms with Gasteiger partial charge in [0.05, 0.1) is 0 Å². The van der Waals surface area contributed by atoms with E-state index in [0.717, 1.165) is 12.8 Å². The van der Waals surface area contributed by atoms with Gasteiger partial charge in [0.15, 0.2) is 0 Å². The summed E-state index contributed by atoms with van der Waals surface area (Å²) >= 11 is 0. The highest BCUT2D eigenvalue weighted by molar-refractivity contribution is 4.61. The van der Waals surface area contributed by atoms with E-state index < -0.39 is 12.5 Å². The first-order chi connectivity index (χ1) is 6.18. The molecule has 1 atom stereocenters. The Balaban J connectivity index is 3.07. The molecule has 0 aromatic carbocycles. The van der Waals surface area contributed by atoms with Gasteiger partial charge >= 0.3 is 0 Å². The number of hydrogen-bond acceptors (Lipinski definition) is 3. The molecular formula is C8H17F2NO2. The van der Waals surface area contributed by atoms with Gasteiger partial charge in [-0.2, -0.15) is 0 Å². The molecule has 0 spiro atoms. The van der Waals surface area contributed by atoms with Crippen molar-refractivity contribution in [2.45, 2.75) is 25.4 Å². The van der Waals surface area contributed by atoms with Gasteiger partial charge in [-0.05, 0) is 19.4 Å². The molecule has 0 saturated heterocycles. The monoisotopic (exact) mass is 197 g/mol. The van der Waals surface area contributed by atoms with Gasteiger partial charge in [0.25, 0.3) is 6.43 Å². The summed E-state index contributed by atoms with van der Waals surface area (Å²) in [5, 5.41) is 11.4. The third-order valence-electron chi connectivity index (χ3n) is 1.60. The van der Waals surface area contributed by atoms with Gasteiger partial charge in [-0.15, -0.1) is 0 Å². The number of unbranched alkanes of at least 4 members (excludes halogenated alkanes) is 1. The van der Waals surface area contributed by atoms with Crippen LogP contribution in [0.15, 0.2) is 0 Å². The largest absolute Gasteiger partial charge is 0.386 e. The first-order valence-electron chi connectivity index (χ1n) is 4.34. The van der Waals surface area contributed by atoms with Crippen LogP contribution in [0.5, 0.6) is 0 Å². The number of ether oxygens (including phenoxy) is 1. The second-order valence-corrected chi connectivity index (χ2v) is 2.81. The van der Waals surface area contributed by atoms with Crippen LogP contribution in [0.2, 0.25) is 0 Å². The number of rotatable bonds is 8. The Bertz CT molecular complexity index is 114. The van der Waals surface area contributed by atoms with Crippen LogP contribution in [0.1, 0.15) is 12.8 Å². The number of aliphatic hydroxyl groups is 1. The highest BCUT2D eigenvalue weighted by Crippen LogP contribution is 1.98. The maximum atomic E-state index is 11.7. The fraction of sp³-hybridized carbons (Fsp3) is 1.00. The van der Waals surface area contributed by atoms with Gasteiger partial charge < -0.3 is 15.2 Å². The number of methoxy groups -OCH3 is 1. The molecule has 0 aliphatic rings. The fourth-order valence-electron chi connectivity index (χ4n) is 0.835. The van der Waals surface area contributed by atoms with Crippen molar-refractivity contribution in [3.63, 3.8) is 0 Å². The van der Waals surface area contributed by atoms with Crippen molar-refractivity contribution >= 4 is 0 Å². The van der Waals surface area contributed by atoms with Gasteiger partial charge in [0, 0.05) is 20.3 Å². The van der Waals surface area contributed by atoms with E-state index in [2.05, 4.69) is 5.32 Å². The molecule has 3 nitrogen and oxygen atoms in total. The van der Waals surface area contributed by atoms with E-state index in [1.54, 1.807) is 7.11 Å². The van der Waals surface area contributed by atoms with Crippen molar-refractivity contribution in [2.24, 2.45) is 0 Å². The Morgan fingerprint density at radius 2 is 2.08 bits per heavy atom. The summed E-state index contributed by atoms with van der Waals surface area (Å²) in [5.41, 5.74) is 0. The number of aliphatic hydroxyl groups excluding tert-OH is 1. The van der Waals surface area contributed by atoms with Crippen molar-refractivity contribution in [2.75, 3.05) is 26.8 Å². The Labute approximate surface area is 77.1 Å². The lowest BCUT2D eigenvalue weighted by atomic mass is 10.3. The average Bonchev–Trinajstić information content (AvgIpc) is 2.10. The predicted molar refractivity (Wildman–Crippen MR) is 46.0 cm³/mol. The Morgan fingerprint density at radius 1 is 1.38 bits per heavy atom. The molecule has 0 fully saturated rings. The number of halogens is 2. The molecule has 0 heterocycles. The molecular weight excluding hydrogens is 180 g/mol. The normalized spacial score (nSPS) is 13.6. The average molecular weight is 197 g/mol. The van der Waals surface area contributed by atoms with Crippen molar-refractivity contribution in [3.05, 3.63) is 0 Å². The lowest BCUT2D eigenvalue weighted by molar-refractivity contribution is -0.00321. The predicted octanol–water partition coefficient (Wildman–Crippen LogP) is 0.629. The van der Waals surface area contributed by atoms with E-state index in [4.69, 9.17) is 9.84 Å². The van der Waals surface area contributed by atoms with E-state index in [1.165, 1.54) is 0 Å². The molecule has 0 radical (unpaired) electrons. The molecule has 0 amide bonds. The highest BCUT2D eigenvalue weighted by Gasteiger charge is 2.15. The van der Waals surface area contributed by atoms with E-state index in [-0.39, 0.29) is 6.54 Å². The first-order valence-corrected chi connectivity index (χ1v) is 4.34. The summed E-state index contributed by atoms with van der Waals surface area (Å²) in [6.45, 7) is 1.26. The van der Waals surface area contributed by atoms with Crippen LogP contribution in [0, 0.1) is 0 Å². The van der Waals surface area contributed by atoms with Gasteiger partial charge in [-0.25, -0.2) is 8.78 Å². The summed E-state index contributed by atoms with van der Waals surface area (Å²) < 4.78 is 28.3. The zero-order valence-electron chi connectivity index (χ0n) is 7.80. The summed E-state index contributed by atoms with van der Waals surface area (Å²) in [7, 11) is 1.62. The molecule has 0 aliphatic heterocycles. The van der Waals surface area contributed by atoms with Crippen LogP contribution in [0.25, 0.3) is 0 Å². The molecule has 0 rings (SSSR count). The standard InChI is InChI=1S/C8H17F2NO2/c1-13-5-3-2-4-11-6-7(12)8(9)10/h7-8,11-12H,2-6H2,1H3. The van der Waals surface area contributed by atoms with Gasteiger partial charge in [0.1, 0.15) is 6.10 Å². The summed E-state index contributed by atoms with van der Waals surface area (Å²) in [4.78, 5) is 0. The van der Waals surface area contributed by atoms with Crippen LogP contribution in [-0.2, 0) is 4.74 Å². The molecule has 1 unspecified atom stereocenters. The fourth-order valence-corrected chi connectivity index (χ4v) is 0.835. The SMILES string of the molecule is COCCCCNCC(O)C(F)F. The minimum Gasteiger partial charge on any atom is -0.386 e. The zero-order chi connectivity index (χ0) is 10.1. The van der Waals surface area contributed by atoms with E-state index in [0.29, 0.717) is 13.2 Å². The Morgan fingerprint density at radius 3 is 2.62 bits per heavy atom. The molecule has 2 N–H and O–H groups in total. The quantitative estimate of drug-likeness (QED) is 0.561. The maximum absolute atomic E-state index is 11.7. The maximum Gasteiger partial charge on any atom is 0.265 e. The Hall–Kier alpha value is -0.260. The molecule has 5 heteroatoms. The van der Waals surface area contributed by atoms with Crippen molar-refractivity contribution in [3.8, 4) is 0 Å². The number of alkyl halides is 2. The molecule has 0 bridgehead atoms. The molecule has 13 heavy (non-hydrogen) atoms. The molecule has 0 saturated carbocycles. The van der Waals surface area contributed by atoms with Crippen molar-refractivity contribution < 1.29 is 18.6 Å². The highest BCUT2D eigenvalue weighted by atomic mass is 19.3. The summed E-state index contributed by atoms with van der Waals surface area (Å²) in [5.74, 6) is 0. The van der Waals surface area contributed by atoms with E-state index in [9.17, 15) is 8.78 Å². The first kappa shape index (κ1) is 12.7. The van der Waals surface area contributed by atoms with Gasteiger partial charge in [-0.1, -0.05) is 0 Å². The summed E-state index contributed by atoms with van der Waals surface area (Å²) in [6.07, 6.45) is -2.45. The van der Waals surface area contributed by atoms with Crippen LogP contribution in [0.4, 0.5) is 8.78 Å². The third-order valence-corrected chi connectivity index (χ3v) is 1.60. The minimum absolute atomic E-state index is 0.0509. The topological polar surface area (TPSA) is 41.5 Å². The second-order valence-electron chi connectivity index (χ2n) is 2.81. The van der Waals surface area contributed by atoms with Crippen molar-refractivity contribution in [1.82, 2.24) is 5.32 Å². The minimum atomic E-state index is -2.66. The molecule has 80 valence electrons. The van der Waals surface area contributed by atoms with Crippen LogP contribution < -0.4 is 5.32 Å². The third kappa shape index (κ3) is 8.08. The Kier molecular flexibility index (Phi) is 8.18. The smallest absolute Gasteiger partial charge is 0.265 e. The zero-order valence-corrected chi connectivity index (χ0v) is 7.80. The summed E-state index contributed by atoms with van der Waals surface area (Å²) in [6, 6.07) is 0. The molecule has 0 aliphatic carbocycles.